The van der Waals surface area contributed by atoms with Crippen LogP contribution in [-0.4, -0.2) is 26.1 Å². The molecule has 2 heterocycles. The Morgan fingerprint density at radius 2 is 2.25 bits per heavy atom. The summed E-state index contributed by atoms with van der Waals surface area (Å²) in [6, 6.07) is 0.0882. The molecule has 3 rings (SSSR count). The second-order valence-electron chi connectivity index (χ2n) is 4.47. The average Bonchev–Trinajstić information content (AvgIpc) is 2.97. The fourth-order valence-electron chi connectivity index (χ4n) is 2.03. The van der Waals surface area contributed by atoms with Gasteiger partial charge in [-0.2, -0.15) is 0 Å². The molecule has 0 fully saturated rings. The molecule has 2 aromatic heterocycles. The molecule has 0 aromatic carbocycles. The third kappa shape index (κ3) is 2.71. The highest BCUT2D eigenvalue weighted by Crippen LogP contribution is 2.21. The fraction of sp³-hybridized carbons (Fsp3) is 0.308. The number of hydrogen-bond donors (Lipinski definition) is 1. The van der Waals surface area contributed by atoms with Crippen molar-refractivity contribution in [2.45, 2.75) is 19.3 Å². The predicted molar refractivity (Wildman–Crippen MR) is 70.4 cm³/mol. The lowest BCUT2D eigenvalue weighted by Crippen LogP contribution is -2.23. The second kappa shape index (κ2) is 5.60. The number of carbonyl (C=O) groups excluding carboxylic acids is 1. The SMILES string of the molecule is O=C(Nc1nnc(-c2cnccn2)o1)C1CC=CCC1. The fourth-order valence-corrected chi connectivity index (χ4v) is 2.03. The molecule has 0 radical (unpaired) electrons. The Balaban J connectivity index is 1.68. The van der Waals surface area contributed by atoms with Crippen molar-refractivity contribution in [2.24, 2.45) is 5.92 Å². The van der Waals surface area contributed by atoms with E-state index in [1.54, 1.807) is 6.20 Å². The molecule has 2 aromatic rings. The highest BCUT2D eigenvalue weighted by molar-refractivity contribution is 5.90. The van der Waals surface area contributed by atoms with Gasteiger partial charge in [0.15, 0.2) is 0 Å². The maximum Gasteiger partial charge on any atom is 0.322 e. The molecule has 7 heteroatoms. The number of amides is 1. The summed E-state index contributed by atoms with van der Waals surface area (Å²) >= 11 is 0. The van der Waals surface area contributed by atoms with Gasteiger partial charge in [0.2, 0.25) is 5.91 Å². The van der Waals surface area contributed by atoms with Crippen molar-refractivity contribution in [1.82, 2.24) is 20.2 Å². The van der Waals surface area contributed by atoms with Crippen LogP contribution in [0.1, 0.15) is 19.3 Å². The zero-order valence-electron chi connectivity index (χ0n) is 10.7. The van der Waals surface area contributed by atoms with Gasteiger partial charge < -0.3 is 4.42 Å². The van der Waals surface area contributed by atoms with Crippen molar-refractivity contribution in [1.29, 1.82) is 0 Å². The lowest BCUT2D eigenvalue weighted by molar-refractivity contribution is -0.120. The molecule has 1 aliphatic carbocycles. The molecule has 102 valence electrons. The van der Waals surface area contributed by atoms with Crippen LogP contribution in [0.4, 0.5) is 6.01 Å². The number of hydrogen-bond acceptors (Lipinski definition) is 6. The number of nitrogens with zero attached hydrogens (tertiary/aromatic N) is 4. The zero-order valence-corrected chi connectivity index (χ0v) is 10.7. The van der Waals surface area contributed by atoms with Gasteiger partial charge in [-0.1, -0.05) is 17.3 Å². The molecule has 1 unspecified atom stereocenters. The van der Waals surface area contributed by atoms with Crippen LogP contribution in [0.25, 0.3) is 11.6 Å². The predicted octanol–water partition coefficient (Wildman–Crippen LogP) is 1.82. The minimum absolute atomic E-state index is 0.0353. The van der Waals surface area contributed by atoms with Gasteiger partial charge in [-0.3, -0.25) is 15.1 Å². The minimum atomic E-state index is -0.0938. The Kier molecular flexibility index (Phi) is 3.49. The van der Waals surface area contributed by atoms with Crippen molar-refractivity contribution in [3.63, 3.8) is 0 Å². The highest BCUT2D eigenvalue weighted by atomic mass is 16.4. The average molecular weight is 271 g/mol. The van der Waals surface area contributed by atoms with Crippen molar-refractivity contribution >= 4 is 11.9 Å². The van der Waals surface area contributed by atoms with Crippen LogP contribution in [0.15, 0.2) is 35.2 Å². The molecular weight excluding hydrogens is 258 g/mol. The van der Waals surface area contributed by atoms with Gasteiger partial charge in [0, 0.05) is 18.3 Å². The van der Waals surface area contributed by atoms with E-state index in [1.165, 1.54) is 12.4 Å². The van der Waals surface area contributed by atoms with Gasteiger partial charge in [0.05, 0.1) is 6.20 Å². The maximum absolute atomic E-state index is 12.0. The molecule has 1 atom stereocenters. The van der Waals surface area contributed by atoms with Crippen LogP contribution in [0.3, 0.4) is 0 Å². The summed E-state index contributed by atoms with van der Waals surface area (Å²) < 4.78 is 5.36. The molecule has 7 nitrogen and oxygen atoms in total. The van der Waals surface area contributed by atoms with E-state index in [1.807, 2.05) is 6.08 Å². The summed E-state index contributed by atoms with van der Waals surface area (Å²) in [7, 11) is 0. The Labute approximate surface area is 115 Å². The Morgan fingerprint density at radius 1 is 1.30 bits per heavy atom. The number of aromatic nitrogens is 4. The quantitative estimate of drug-likeness (QED) is 0.856. The third-order valence-electron chi connectivity index (χ3n) is 3.08. The van der Waals surface area contributed by atoms with E-state index in [2.05, 4.69) is 31.6 Å². The molecule has 20 heavy (non-hydrogen) atoms. The van der Waals surface area contributed by atoms with E-state index in [0.717, 1.165) is 19.3 Å². The Hall–Kier alpha value is -2.57. The van der Waals surface area contributed by atoms with Gasteiger partial charge in [-0.25, -0.2) is 4.98 Å². The second-order valence-corrected chi connectivity index (χ2v) is 4.47. The summed E-state index contributed by atoms with van der Waals surface area (Å²) in [6.45, 7) is 0. The molecule has 1 amide bonds. The van der Waals surface area contributed by atoms with Gasteiger partial charge in [0.25, 0.3) is 5.89 Å². The monoisotopic (exact) mass is 271 g/mol. The van der Waals surface area contributed by atoms with E-state index in [4.69, 9.17) is 4.42 Å². The number of nitrogens with one attached hydrogen (secondary N) is 1. The van der Waals surface area contributed by atoms with Gasteiger partial charge >= 0.3 is 6.01 Å². The maximum atomic E-state index is 12.0. The lowest BCUT2D eigenvalue weighted by atomic mass is 9.94. The van der Waals surface area contributed by atoms with Crippen LogP contribution < -0.4 is 5.32 Å². The van der Waals surface area contributed by atoms with Crippen molar-refractivity contribution in [3.05, 3.63) is 30.7 Å². The van der Waals surface area contributed by atoms with E-state index >= 15 is 0 Å². The molecule has 0 saturated heterocycles. The lowest BCUT2D eigenvalue weighted by Gasteiger charge is -2.15. The first-order chi connectivity index (χ1) is 9.83. The standard InChI is InChI=1S/C13H13N5O2/c19-11(9-4-2-1-3-5-9)16-13-18-17-12(20-13)10-8-14-6-7-15-10/h1-2,6-9H,3-5H2,(H,16,18,19). The first-order valence-electron chi connectivity index (χ1n) is 6.38. The van der Waals surface area contributed by atoms with Crippen molar-refractivity contribution in [2.75, 3.05) is 5.32 Å². The van der Waals surface area contributed by atoms with Crippen LogP contribution in [-0.2, 0) is 4.79 Å². The molecule has 1 N–H and O–H groups in total. The summed E-state index contributed by atoms with van der Waals surface area (Å²) in [5.74, 6) is 0.104. The van der Waals surface area contributed by atoms with E-state index < -0.39 is 0 Å². The Morgan fingerprint density at radius 3 is 3.00 bits per heavy atom. The molecule has 1 aliphatic rings. The number of carbonyl (C=O) groups is 1. The van der Waals surface area contributed by atoms with Gasteiger partial charge in [-0.15, -0.1) is 5.10 Å². The van der Waals surface area contributed by atoms with Crippen LogP contribution in [0, 0.1) is 5.92 Å². The molecule has 0 saturated carbocycles. The number of rotatable bonds is 3. The summed E-state index contributed by atoms with van der Waals surface area (Å²) in [5.41, 5.74) is 0.473. The molecule has 0 bridgehead atoms. The summed E-state index contributed by atoms with van der Waals surface area (Å²) in [5, 5.41) is 10.3. The first-order valence-corrected chi connectivity index (χ1v) is 6.38. The third-order valence-corrected chi connectivity index (χ3v) is 3.08. The summed E-state index contributed by atoms with van der Waals surface area (Å²) in [4.78, 5) is 20.0. The molecule has 0 spiro atoms. The van der Waals surface area contributed by atoms with Crippen LogP contribution in [0.5, 0.6) is 0 Å². The number of anilines is 1. The van der Waals surface area contributed by atoms with E-state index in [9.17, 15) is 4.79 Å². The largest absolute Gasteiger partial charge is 0.401 e. The van der Waals surface area contributed by atoms with Crippen molar-refractivity contribution in [3.8, 4) is 11.6 Å². The van der Waals surface area contributed by atoms with Gasteiger partial charge in [-0.05, 0) is 19.3 Å². The van der Waals surface area contributed by atoms with E-state index in [-0.39, 0.29) is 23.7 Å². The van der Waals surface area contributed by atoms with E-state index in [0.29, 0.717) is 5.69 Å². The topological polar surface area (TPSA) is 93.8 Å². The normalized spacial score (nSPS) is 17.9. The number of allylic oxidation sites excluding steroid dienone is 2. The first kappa shape index (κ1) is 12.5. The van der Waals surface area contributed by atoms with Crippen LogP contribution >= 0.6 is 0 Å². The smallest absolute Gasteiger partial charge is 0.322 e. The van der Waals surface area contributed by atoms with Crippen molar-refractivity contribution < 1.29 is 9.21 Å². The zero-order chi connectivity index (χ0) is 13.8. The molecule has 0 aliphatic heterocycles. The summed E-state index contributed by atoms with van der Waals surface area (Å²) in [6.07, 6.45) is 11.2. The minimum Gasteiger partial charge on any atom is -0.401 e. The van der Waals surface area contributed by atoms with Crippen LogP contribution in [0.2, 0.25) is 0 Å². The molecular formula is C13H13N5O2. The Bertz CT molecular complexity index is 623. The highest BCUT2D eigenvalue weighted by Gasteiger charge is 2.21. The van der Waals surface area contributed by atoms with Gasteiger partial charge in [0.1, 0.15) is 5.69 Å².